The zero-order valence-electron chi connectivity index (χ0n) is 10.8. The Kier molecular flexibility index (Phi) is 4.31. The van der Waals surface area contributed by atoms with Crippen molar-refractivity contribution < 1.29 is 9.53 Å². The molecule has 1 fully saturated rings. The lowest BCUT2D eigenvalue weighted by Crippen LogP contribution is -2.55. The number of hydrogen-bond acceptors (Lipinski definition) is 6. The Morgan fingerprint density at radius 1 is 1.74 bits per heavy atom. The van der Waals surface area contributed by atoms with E-state index >= 15 is 0 Å². The van der Waals surface area contributed by atoms with E-state index in [-0.39, 0.29) is 12.0 Å². The van der Waals surface area contributed by atoms with Crippen LogP contribution in [0.4, 0.5) is 5.69 Å². The summed E-state index contributed by atoms with van der Waals surface area (Å²) in [6.45, 7) is 4.18. The van der Waals surface area contributed by atoms with Crippen molar-refractivity contribution in [3.8, 4) is 6.07 Å². The molecule has 1 N–H and O–H groups in total. The Bertz CT molecular complexity index is 498. The van der Waals surface area contributed by atoms with Crippen molar-refractivity contribution in [3.63, 3.8) is 0 Å². The van der Waals surface area contributed by atoms with Crippen LogP contribution in [0.3, 0.4) is 0 Å². The molecule has 1 atom stereocenters. The van der Waals surface area contributed by atoms with E-state index in [1.807, 2.05) is 11.0 Å². The van der Waals surface area contributed by atoms with Gasteiger partial charge in [0.2, 0.25) is 0 Å². The number of piperazine rings is 1. The average molecular weight is 260 g/mol. The lowest BCUT2D eigenvalue weighted by atomic mass is 10.1. The highest BCUT2D eigenvalue weighted by molar-refractivity contribution is 5.80. The van der Waals surface area contributed by atoms with Crippen LogP contribution in [0, 0.1) is 11.3 Å². The predicted molar refractivity (Wildman–Crippen MR) is 69.6 cm³/mol. The Morgan fingerprint density at radius 2 is 2.58 bits per heavy atom. The number of nitrogens with zero attached hydrogens (tertiary/aromatic N) is 3. The van der Waals surface area contributed by atoms with Crippen LogP contribution < -0.4 is 10.2 Å². The second-order valence-electron chi connectivity index (χ2n) is 4.18. The summed E-state index contributed by atoms with van der Waals surface area (Å²) in [4.78, 5) is 17.8. The van der Waals surface area contributed by atoms with E-state index in [1.54, 1.807) is 25.3 Å². The number of hydrogen-bond donors (Lipinski definition) is 1. The van der Waals surface area contributed by atoms with Crippen LogP contribution in [-0.2, 0) is 9.53 Å². The first-order chi connectivity index (χ1) is 9.26. The summed E-state index contributed by atoms with van der Waals surface area (Å²) < 4.78 is 5.09. The van der Waals surface area contributed by atoms with E-state index in [2.05, 4.69) is 10.3 Å². The van der Waals surface area contributed by atoms with E-state index < -0.39 is 0 Å². The summed E-state index contributed by atoms with van der Waals surface area (Å²) >= 11 is 0. The van der Waals surface area contributed by atoms with Crippen LogP contribution in [0.2, 0.25) is 0 Å². The summed E-state index contributed by atoms with van der Waals surface area (Å²) in [6, 6.07) is 5.14. The third-order valence-corrected chi connectivity index (χ3v) is 2.99. The van der Waals surface area contributed by atoms with Crippen LogP contribution >= 0.6 is 0 Å². The highest BCUT2D eigenvalue weighted by Crippen LogP contribution is 2.19. The molecule has 19 heavy (non-hydrogen) atoms. The van der Waals surface area contributed by atoms with Crippen LogP contribution in [0.25, 0.3) is 0 Å². The van der Waals surface area contributed by atoms with Gasteiger partial charge in [-0.15, -0.1) is 0 Å². The van der Waals surface area contributed by atoms with Crippen molar-refractivity contribution in [3.05, 3.63) is 24.0 Å². The van der Waals surface area contributed by atoms with Gasteiger partial charge in [0.25, 0.3) is 0 Å². The molecule has 1 unspecified atom stereocenters. The number of carbonyl (C=O) groups excluding carboxylic acids is 1. The molecule has 0 spiro atoms. The maximum atomic E-state index is 12.0. The molecule has 2 heterocycles. The Hall–Kier alpha value is -2.13. The summed E-state index contributed by atoms with van der Waals surface area (Å²) in [5.74, 6) is -0.245. The van der Waals surface area contributed by atoms with Crippen LogP contribution in [0.1, 0.15) is 12.6 Å². The number of pyridine rings is 1. The number of esters is 1. The smallest absolute Gasteiger partial charge is 0.330 e. The maximum absolute atomic E-state index is 12.0. The van der Waals surface area contributed by atoms with Crippen molar-refractivity contribution in [2.24, 2.45) is 0 Å². The summed E-state index contributed by atoms with van der Waals surface area (Å²) in [5, 5.41) is 12.1. The van der Waals surface area contributed by atoms with E-state index in [4.69, 9.17) is 10.00 Å². The van der Waals surface area contributed by atoms with Crippen LogP contribution in [-0.4, -0.2) is 43.2 Å². The van der Waals surface area contributed by atoms with E-state index in [0.29, 0.717) is 25.4 Å². The van der Waals surface area contributed by atoms with Crippen LogP contribution in [0.15, 0.2) is 18.3 Å². The van der Waals surface area contributed by atoms with Gasteiger partial charge >= 0.3 is 5.97 Å². The molecule has 0 aliphatic carbocycles. The highest BCUT2D eigenvalue weighted by Gasteiger charge is 2.30. The number of nitriles is 1. The minimum absolute atomic E-state index is 0.245. The van der Waals surface area contributed by atoms with Crippen molar-refractivity contribution in [1.82, 2.24) is 10.3 Å². The summed E-state index contributed by atoms with van der Waals surface area (Å²) in [7, 11) is 0. The van der Waals surface area contributed by atoms with Gasteiger partial charge in [0.05, 0.1) is 6.61 Å². The maximum Gasteiger partial charge on any atom is 0.330 e. The Balaban J connectivity index is 2.23. The van der Waals surface area contributed by atoms with Crippen molar-refractivity contribution >= 4 is 11.7 Å². The molecular formula is C13H16N4O2. The molecule has 1 aromatic rings. The quantitative estimate of drug-likeness (QED) is 0.787. The molecule has 0 saturated carbocycles. The van der Waals surface area contributed by atoms with Crippen LogP contribution in [0.5, 0.6) is 0 Å². The third kappa shape index (κ3) is 3.01. The fourth-order valence-corrected chi connectivity index (χ4v) is 2.12. The zero-order valence-corrected chi connectivity index (χ0v) is 10.8. The van der Waals surface area contributed by atoms with Gasteiger partial charge < -0.3 is 15.0 Å². The summed E-state index contributed by atoms with van der Waals surface area (Å²) in [6.07, 6.45) is 1.58. The molecule has 2 rings (SSSR count). The third-order valence-electron chi connectivity index (χ3n) is 2.99. The Morgan fingerprint density at radius 3 is 3.32 bits per heavy atom. The van der Waals surface area contributed by atoms with Gasteiger partial charge in [0, 0.05) is 31.5 Å². The van der Waals surface area contributed by atoms with Crippen molar-refractivity contribution in [1.29, 1.82) is 5.26 Å². The second kappa shape index (κ2) is 6.16. The molecular weight excluding hydrogens is 244 g/mol. The highest BCUT2D eigenvalue weighted by atomic mass is 16.5. The molecule has 0 radical (unpaired) electrons. The minimum Gasteiger partial charge on any atom is -0.464 e. The minimum atomic E-state index is -0.359. The topological polar surface area (TPSA) is 78.2 Å². The average Bonchev–Trinajstić information content (AvgIpc) is 2.47. The molecule has 100 valence electrons. The number of anilines is 1. The van der Waals surface area contributed by atoms with Crippen molar-refractivity contribution in [2.45, 2.75) is 13.0 Å². The largest absolute Gasteiger partial charge is 0.464 e. The number of aromatic nitrogens is 1. The fraction of sp³-hybridized carbons (Fsp3) is 0.462. The van der Waals surface area contributed by atoms with Gasteiger partial charge in [-0.05, 0) is 19.1 Å². The number of nitrogens with one attached hydrogen (secondary N) is 1. The molecule has 6 heteroatoms. The number of rotatable bonds is 3. The lowest BCUT2D eigenvalue weighted by Gasteiger charge is -2.36. The molecule has 1 aliphatic heterocycles. The number of ether oxygens (including phenoxy) is 1. The first kappa shape index (κ1) is 13.3. The standard InChI is InChI=1S/C13H16N4O2/c1-2-19-13(18)12-9-15-5-6-17(12)11-3-4-16-10(7-11)8-14/h3-4,7,12,15H,2,5-6,9H2,1H3. The SMILES string of the molecule is CCOC(=O)C1CNCCN1c1ccnc(C#N)c1. The molecule has 1 aromatic heterocycles. The van der Waals surface area contributed by atoms with Gasteiger partial charge in [-0.25, -0.2) is 9.78 Å². The molecule has 0 bridgehead atoms. The first-order valence-corrected chi connectivity index (χ1v) is 6.26. The lowest BCUT2D eigenvalue weighted by molar-refractivity contribution is -0.144. The second-order valence-corrected chi connectivity index (χ2v) is 4.18. The Labute approximate surface area is 112 Å². The van der Waals surface area contributed by atoms with E-state index in [9.17, 15) is 4.79 Å². The zero-order chi connectivity index (χ0) is 13.7. The molecule has 1 saturated heterocycles. The fourth-order valence-electron chi connectivity index (χ4n) is 2.12. The molecule has 0 aromatic carbocycles. The van der Waals surface area contributed by atoms with Crippen molar-refractivity contribution in [2.75, 3.05) is 31.1 Å². The van der Waals surface area contributed by atoms with Gasteiger partial charge in [0.1, 0.15) is 17.8 Å². The first-order valence-electron chi connectivity index (χ1n) is 6.26. The van der Waals surface area contributed by atoms with E-state index in [0.717, 1.165) is 12.2 Å². The predicted octanol–water partition coefficient (Wildman–Crippen LogP) is 0.295. The molecule has 0 amide bonds. The van der Waals surface area contributed by atoms with Gasteiger partial charge in [-0.2, -0.15) is 5.26 Å². The monoisotopic (exact) mass is 260 g/mol. The number of carbonyl (C=O) groups is 1. The van der Waals surface area contributed by atoms with Gasteiger partial charge in [-0.3, -0.25) is 0 Å². The molecule has 1 aliphatic rings. The van der Waals surface area contributed by atoms with E-state index in [1.165, 1.54) is 0 Å². The normalized spacial score (nSPS) is 18.7. The van der Waals surface area contributed by atoms with Gasteiger partial charge in [0.15, 0.2) is 0 Å². The summed E-state index contributed by atoms with van der Waals surface area (Å²) in [5.41, 5.74) is 1.17. The molecule has 6 nitrogen and oxygen atoms in total. The van der Waals surface area contributed by atoms with Gasteiger partial charge in [-0.1, -0.05) is 0 Å².